The lowest BCUT2D eigenvalue weighted by Gasteiger charge is -2.00. The van der Waals surface area contributed by atoms with Crippen LogP contribution < -0.4 is 11.5 Å². The van der Waals surface area contributed by atoms with E-state index in [0.717, 1.165) is 0 Å². The largest absolute Gasteiger partial charge is 0.213 e. The van der Waals surface area contributed by atoms with E-state index in [0.29, 0.717) is 0 Å². The molecule has 13 heavy (non-hydrogen) atoms. The van der Waals surface area contributed by atoms with E-state index >= 15 is 0 Å². The van der Waals surface area contributed by atoms with E-state index < -0.39 is 28.2 Å². The van der Waals surface area contributed by atoms with Gasteiger partial charge in [0, 0.05) is 4.91 Å². The van der Waals surface area contributed by atoms with Gasteiger partial charge in [0.15, 0.2) is 11.6 Å². The predicted octanol–water partition coefficient (Wildman–Crippen LogP) is 2.22. The third-order valence-corrected chi connectivity index (χ3v) is 1.51. The standard InChI is InChI=1S/C5ClFN6/c6-1-3(12-13-10)2(7)5(9)11-4(1)8. The van der Waals surface area contributed by atoms with Crippen LogP contribution in [-0.4, -0.2) is 4.98 Å². The van der Waals surface area contributed by atoms with Gasteiger partial charge in [-0.3, -0.25) is 0 Å². The third-order valence-electron chi connectivity index (χ3n) is 1.16. The highest BCUT2D eigenvalue weighted by molar-refractivity contribution is 6.35. The smallest absolute Gasteiger partial charge is 0.202 e. The summed E-state index contributed by atoms with van der Waals surface area (Å²) in [6, 6.07) is 0. The van der Waals surface area contributed by atoms with Crippen molar-refractivity contribution in [2.75, 3.05) is 0 Å². The van der Waals surface area contributed by atoms with Crippen molar-refractivity contribution >= 4 is 28.9 Å². The van der Waals surface area contributed by atoms with Crippen LogP contribution in [0.3, 0.4) is 0 Å². The average Bonchev–Trinajstić information content (AvgIpc) is 2.09. The van der Waals surface area contributed by atoms with Gasteiger partial charge in [-0.05, 0) is 5.53 Å². The van der Waals surface area contributed by atoms with Crippen molar-refractivity contribution < 1.29 is 4.39 Å². The Labute approximate surface area is 76.9 Å². The second-order valence-corrected chi connectivity index (χ2v) is 2.30. The third kappa shape index (κ3) is 1.56. The van der Waals surface area contributed by atoms with Crippen LogP contribution in [0.5, 0.6) is 0 Å². The summed E-state index contributed by atoms with van der Waals surface area (Å²) >= 11 is 5.32. The topological polar surface area (TPSA) is 106 Å². The van der Waals surface area contributed by atoms with Crippen LogP contribution in [0, 0.1) is 5.82 Å². The summed E-state index contributed by atoms with van der Waals surface area (Å²) in [4.78, 5) is 5.20. The van der Waals surface area contributed by atoms with Gasteiger partial charge in [-0.25, -0.2) is 9.37 Å². The van der Waals surface area contributed by atoms with E-state index in [1.54, 1.807) is 0 Å². The number of pyridine rings is 1. The summed E-state index contributed by atoms with van der Waals surface area (Å²) in [7, 11) is 0. The van der Waals surface area contributed by atoms with Crippen LogP contribution in [0.4, 0.5) is 21.7 Å². The Hall–Kier alpha value is -1.72. The molecule has 0 aliphatic heterocycles. The summed E-state index contributed by atoms with van der Waals surface area (Å²) in [5.74, 6) is -3.16. The molecule has 1 aromatic rings. The maximum absolute atomic E-state index is 12.9. The molecule has 0 saturated carbocycles. The number of rotatable bonds is 1. The van der Waals surface area contributed by atoms with Crippen molar-refractivity contribution in [3.05, 3.63) is 21.3 Å². The fourth-order valence-electron chi connectivity index (χ4n) is 0.639. The molecule has 0 aliphatic carbocycles. The summed E-state index contributed by atoms with van der Waals surface area (Å²) in [5, 5.41) is 2.29. The Morgan fingerprint density at radius 2 is 2.08 bits per heavy atom. The minimum Gasteiger partial charge on any atom is -0.202 e. The van der Waals surface area contributed by atoms with Crippen LogP contribution in [0.1, 0.15) is 0 Å². The van der Waals surface area contributed by atoms with Crippen molar-refractivity contribution in [2.24, 2.45) is 5.11 Å². The first-order valence-electron chi connectivity index (χ1n) is 2.90. The zero-order valence-corrected chi connectivity index (χ0v) is 6.70. The minimum atomic E-state index is -1.28. The molecule has 0 N–H and O–H groups in total. The molecule has 1 heterocycles. The minimum absolute atomic E-state index is 0.548. The Morgan fingerprint density at radius 3 is 2.62 bits per heavy atom. The first-order valence-corrected chi connectivity index (χ1v) is 3.27. The highest BCUT2D eigenvalue weighted by Gasteiger charge is 2.16. The van der Waals surface area contributed by atoms with Gasteiger partial charge in [-0.15, -0.1) is 11.5 Å². The molecule has 0 fully saturated rings. The highest BCUT2D eigenvalue weighted by atomic mass is 35.5. The maximum Gasteiger partial charge on any atom is 0.213 e. The average molecular weight is 199 g/mol. The van der Waals surface area contributed by atoms with E-state index in [1.165, 1.54) is 0 Å². The van der Waals surface area contributed by atoms with Crippen LogP contribution in [0.25, 0.3) is 10.4 Å². The second-order valence-electron chi connectivity index (χ2n) is 1.93. The quantitative estimate of drug-likeness (QED) is 0.385. The van der Waals surface area contributed by atoms with Crippen LogP contribution in [0.2, 0.25) is 5.02 Å². The molecule has 0 saturated heterocycles. The molecule has 1 rings (SSSR count). The van der Waals surface area contributed by atoms with Crippen molar-refractivity contribution in [1.29, 1.82) is 0 Å². The zero-order valence-electron chi connectivity index (χ0n) is 5.94. The van der Waals surface area contributed by atoms with Gasteiger partial charge in [0.1, 0.15) is 0 Å². The Balaban J connectivity index is 3.55. The van der Waals surface area contributed by atoms with Gasteiger partial charge in [0.2, 0.25) is 5.82 Å². The maximum atomic E-state index is 12.9. The Kier molecular flexibility index (Phi) is 2.41. The fourth-order valence-corrected chi connectivity index (χ4v) is 0.802. The molecule has 0 spiro atoms. The van der Waals surface area contributed by atoms with Crippen LogP contribution in [0.15, 0.2) is 5.11 Å². The highest BCUT2D eigenvalue weighted by Crippen LogP contribution is 2.35. The summed E-state index contributed by atoms with van der Waals surface area (Å²) in [5.41, 5.74) is 24.9. The lowest BCUT2D eigenvalue weighted by atomic mass is 10.3. The number of hydrogen-bond acceptors (Lipinski definition) is 2. The molecule has 64 valence electrons. The van der Waals surface area contributed by atoms with E-state index in [1.807, 2.05) is 0 Å². The Morgan fingerprint density at radius 1 is 1.46 bits per heavy atom. The molecule has 4 radical (unpaired) electrons. The molecule has 1 aromatic heterocycles. The van der Waals surface area contributed by atoms with Gasteiger partial charge < -0.3 is 0 Å². The first-order chi connectivity index (χ1) is 6.07. The predicted molar refractivity (Wildman–Crippen MR) is 41.6 cm³/mol. The fraction of sp³-hybridized carbons (Fsp3) is 0. The van der Waals surface area contributed by atoms with E-state index in [-0.39, 0.29) is 0 Å². The summed E-state index contributed by atoms with van der Waals surface area (Å²) < 4.78 is 12.9. The molecule has 0 amide bonds. The zero-order chi connectivity index (χ0) is 10.0. The second kappa shape index (κ2) is 3.34. The monoisotopic (exact) mass is 198 g/mol. The van der Waals surface area contributed by atoms with Gasteiger partial charge in [-0.2, -0.15) is 0 Å². The van der Waals surface area contributed by atoms with Gasteiger partial charge in [0.05, 0.1) is 10.7 Å². The molecule has 0 atom stereocenters. The number of halogens is 2. The van der Waals surface area contributed by atoms with Crippen molar-refractivity contribution in [3.8, 4) is 0 Å². The Bertz CT molecular complexity index is 372. The molecular formula is C5ClFN6. The van der Waals surface area contributed by atoms with E-state index in [4.69, 9.17) is 28.6 Å². The van der Waals surface area contributed by atoms with Crippen molar-refractivity contribution in [3.63, 3.8) is 0 Å². The van der Waals surface area contributed by atoms with Crippen LogP contribution >= 0.6 is 11.6 Å². The van der Waals surface area contributed by atoms with Crippen molar-refractivity contribution in [1.82, 2.24) is 16.5 Å². The molecule has 6 nitrogen and oxygen atoms in total. The van der Waals surface area contributed by atoms with Gasteiger partial charge in [0.25, 0.3) is 0 Å². The molecular weight excluding hydrogens is 199 g/mol. The molecule has 0 aromatic carbocycles. The lowest BCUT2D eigenvalue weighted by molar-refractivity contribution is 0.624. The van der Waals surface area contributed by atoms with Gasteiger partial charge >= 0.3 is 0 Å². The number of hydrogen-bond donors (Lipinski definition) is 0. The molecule has 0 bridgehead atoms. The van der Waals surface area contributed by atoms with E-state index in [9.17, 15) is 4.39 Å². The first kappa shape index (κ1) is 9.37. The van der Waals surface area contributed by atoms with Crippen molar-refractivity contribution in [2.45, 2.75) is 0 Å². The SMILES string of the molecule is [N]c1nc([N])c(Cl)c(N=[N+]=[N-])c1F. The normalized spacial score (nSPS) is 9.38. The number of aromatic nitrogens is 1. The molecule has 8 heteroatoms. The molecule has 0 aliphatic rings. The molecule has 0 unspecified atom stereocenters. The van der Waals surface area contributed by atoms with Crippen LogP contribution in [-0.2, 0) is 0 Å². The lowest BCUT2D eigenvalue weighted by Crippen LogP contribution is -1.89. The number of nitrogens with zero attached hydrogens (tertiary/aromatic N) is 6. The summed E-state index contributed by atoms with van der Waals surface area (Å²) in [6.45, 7) is 0. The summed E-state index contributed by atoms with van der Waals surface area (Å²) in [6.07, 6.45) is 0. The van der Waals surface area contributed by atoms with Gasteiger partial charge in [-0.1, -0.05) is 16.7 Å². The number of azide groups is 1. The van der Waals surface area contributed by atoms with E-state index in [2.05, 4.69) is 15.0 Å².